The van der Waals surface area contributed by atoms with Crippen LogP contribution in [0.1, 0.15) is 72.6 Å². The molecule has 1 heterocycles. The third-order valence-electron chi connectivity index (χ3n) is 7.40. The zero-order chi connectivity index (χ0) is 21.1. The Morgan fingerprint density at radius 2 is 2.00 bits per heavy atom. The predicted octanol–water partition coefficient (Wildman–Crippen LogP) is 4.28. The summed E-state index contributed by atoms with van der Waals surface area (Å²) in [4.78, 5) is 24.2. The number of allylic oxidation sites excluding steroid dienone is 2. The summed E-state index contributed by atoms with van der Waals surface area (Å²) in [6.45, 7) is 8.46. The molecule has 1 N–H and O–H groups in total. The third-order valence-corrected chi connectivity index (χ3v) is 7.40. The molecule has 1 aliphatic heterocycles. The van der Waals surface area contributed by atoms with Crippen molar-refractivity contribution in [2.24, 2.45) is 35.5 Å². The number of carbonyl (C=O) groups excluding carboxylic acids is 2. The van der Waals surface area contributed by atoms with Crippen molar-refractivity contribution < 1.29 is 24.2 Å². The molecule has 5 heteroatoms. The molecule has 0 amide bonds. The Bertz CT molecular complexity index is 614. The Balaban J connectivity index is 1.71. The largest absolute Gasteiger partial charge is 0.462 e. The number of fused-ring (bicyclic) bond motifs is 1. The number of ether oxygens (including phenoxy) is 2. The fourth-order valence-electron chi connectivity index (χ4n) is 5.59. The van der Waals surface area contributed by atoms with E-state index in [1.165, 1.54) is 0 Å². The monoisotopic (exact) mass is 406 g/mol. The van der Waals surface area contributed by atoms with Gasteiger partial charge in [-0.2, -0.15) is 0 Å². The van der Waals surface area contributed by atoms with E-state index >= 15 is 0 Å². The maximum atomic E-state index is 12.6. The van der Waals surface area contributed by atoms with E-state index in [-0.39, 0.29) is 36.5 Å². The van der Waals surface area contributed by atoms with Gasteiger partial charge in [0.1, 0.15) is 12.2 Å². The van der Waals surface area contributed by atoms with Crippen molar-refractivity contribution in [3.8, 4) is 0 Å². The second-order valence-corrected chi connectivity index (χ2v) is 9.79. The lowest BCUT2D eigenvalue weighted by Gasteiger charge is -2.47. The van der Waals surface area contributed by atoms with E-state index in [2.05, 4.69) is 26.0 Å². The summed E-state index contributed by atoms with van der Waals surface area (Å²) < 4.78 is 11.6. The van der Waals surface area contributed by atoms with Crippen LogP contribution < -0.4 is 0 Å². The van der Waals surface area contributed by atoms with Gasteiger partial charge >= 0.3 is 11.9 Å². The van der Waals surface area contributed by atoms with Gasteiger partial charge in [0.15, 0.2) is 0 Å². The molecule has 1 saturated heterocycles. The molecule has 29 heavy (non-hydrogen) atoms. The van der Waals surface area contributed by atoms with E-state index in [0.717, 1.165) is 32.1 Å². The Morgan fingerprint density at radius 1 is 1.24 bits per heavy atom. The number of rotatable bonds is 6. The first kappa shape index (κ1) is 22.3. The van der Waals surface area contributed by atoms with Crippen LogP contribution in [0.15, 0.2) is 12.2 Å². The van der Waals surface area contributed by atoms with Crippen LogP contribution >= 0.6 is 0 Å². The molecular weight excluding hydrogens is 368 g/mol. The summed E-state index contributed by atoms with van der Waals surface area (Å²) in [6.07, 6.45) is 9.01. The van der Waals surface area contributed by atoms with Crippen molar-refractivity contribution in [1.29, 1.82) is 0 Å². The van der Waals surface area contributed by atoms with Gasteiger partial charge < -0.3 is 14.6 Å². The van der Waals surface area contributed by atoms with Gasteiger partial charge in [0.05, 0.1) is 18.4 Å². The van der Waals surface area contributed by atoms with Gasteiger partial charge in [0, 0.05) is 12.3 Å². The van der Waals surface area contributed by atoms with Crippen molar-refractivity contribution in [1.82, 2.24) is 0 Å². The first-order valence-electron chi connectivity index (χ1n) is 11.5. The third kappa shape index (κ3) is 5.42. The van der Waals surface area contributed by atoms with Crippen molar-refractivity contribution >= 4 is 11.9 Å². The molecule has 5 nitrogen and oxygen atoms in total. The second kappa shape index (κ2) is 9.63. The maximum Gasteiger partial charge on any atom is 0.308 e. The lowest BCUT2D eigenvalue weighted by molar-refractivity contribution is -0.166. The normalized spacial score (nSPS) is 40.7. The minimum Gasteiger partial charge on any atom is -0.462 e. The average molecular weight is 407 g/mol. The second-order valence-electron chi connectivity index (χ2n) is 9.79. The number of hydrogen-bond donors (Lipinski definition) is 1. The molecule has 0 radical (unpaired) electrons. The smallest absolute Gasteiger partial charge is 0.308 e. The van der Waals surface area contributed by atoms with Gasteiger partial charge in [0.25, 0.3) is 0 Å². The number of hydrogen-bond acceptors (Lipinski definition) is 5. The number of aliphatic hydroxyl groups is 1. The zero-order valence-electron chi connectivity index (χ0n) is 18.4. The Labute approximate surface area is 175 Å². The van der Waals surface area contributed by atoms with E-state index in [9.17, 15) is 14.7 Å². The van der Waals surface area contributed by atoms with Crippen LogP contribution in [0.2, 0.25) is 0 Å². The first-order valence-corrected chi connectivity index (χ1v) is 11.5. The topological polar surface area (TPSA) is 72.8 Å². The lowest BCUT2D eigenvalue weighted by Crippen LogP contribution is -2.46. The Hall–Kier alpha value is -1.36. The van der Waals surface area contributed by atoms with Crippen LogP contribution in [0.25, 0.3) is 0 Å². The Kier molecular flexibility index (Phi) is 7.42. The van der Waals surface area contributed by atoms with Gasteiger partial charge in [-0.1, -0.05) is 39.8 Å². The molecule has 1 saturated carbocycles. The number of esters is 2. The minimum absolute atomic E-state index is 0.0397. The van der Waals surface area contributed by atoms with Gasteiger partial charge in [-0.25, -0.2) is 0 Å². The summed E-state index contributed by atoms with van der Waals surface area (Å²) in [5.74, 6) is 1.66. The SMILES string of the molecule is CC[C@H](C)C(=O)O[C@H]1C[C@H](C)C[C@@H]2C=C[C@H](C)[C@H](CC[C@@H]3C[C@@H](O)CC(=O)O3)[C@@H]12. The molecule has 2 fully saturated rings. The molecule has 0 spiro atoms. The van der Waals surface area contributed by atoms with Gasteiger partial charge in [-0.3, -0.25) is 9.59 Å². The highest BCUT2D eigenvalue weighted by molar-refractivity contribution is 5.72. The van der Waals surface area contributed by atoms with Crippen LogP contribution in [0.5, 0.6) is 0 Å². The quantitative estimate of drug-likeness (QED) is 0.527. The molecule has 0 aromatic rings. The minimum atomic E-state index is -0.586. The molecule has 3 aliphatic rings. The van der Waals surface area contributed by atoms with E-state index in [1.54, 1.807) is 0 Å². The molecule has 9 atom stereocenters. The van der Waals surface area contributed by atoms with E-state index in [0.29, 0.717) is 36.0 Å². The fraction of sp³-hybridized carbons (Fsp3) is 0.833. The number of aliphatic hydroxyl groups excluding tert-OH is 1. The molecule has 0 unspecified atom stereocenters. The average Bonchev–Trinajstić information content (AvgIpc) is 2.65. The van der Waals surface area contributed by atoms with Crippen LogP contribution in [0, 0.1) is 35.5 Å². The zero-order valence-corrected chi connectivity index (χ0v) is 18.4. The van der Waals surface area contributed by atoms with Gasteiger partial charge in [-0.05, 0) is 55.8 Å². The molecule has 0 bridgehead atoms. The summed E-state index contributed by atoms with van der Waals surface area (Å²) in [5.41, 5.74) is 0. The molecule has 3 rings (SSSR count). The van der Waals surface area contributed by atoms with E-state index in [1.807, 2.05) is 13.8 Å². The standard InChI is InChI=1S/C24H38O5/c1-5-15(3)24(27)29-21-11-14(2)10-17-7-6-16(4)20(23(17)21)9-8-19-12-18(25)13-22(26)28-19/h6-7,14-21,23,25H,5,8-13H2,1-4H3/t14-,15+,16+,17+,18-,19-,20+,21+,23+/m1/s1. The van der Waals surface area contributed by atoms with Crippen molar-refractivity contribution in [3.05, 3.63) is 12.2 Å². The lowest BCUT2D eigenvalue weighted by atomic mass is 9.60. The molecule has 0 aromatic heterocycles. The van der Waals surface area contributed by atoms with Crippen LogP contribution in [-0.2, 0) is 19.1 Å². The summed E-state index contributed by atoms with van der Waals surface area (Å²) >= 11 is 0. The van der Waals surface area contributed by atoms with Gasteiger partial charge in [-0.15, -0.1) is 0 Å². The number of cyclic esters (lactones) is 1. The number of carbonyl (C=O) groups is 2. The highest BCUT2D eigenvalue weighted by Crippen LogP contribution is 2.48. The van der Waals surface area contributed by atoms with Crippen molar-refractivity contribution in [3.63, 3.8) is 0 Å². The summed E-state index contributed by atoms with van der Waals surface area (Å²) in [7, 11) is 0. The van der Waals surface area contributed by atoms with Crippen molar-refractivity contribution in [2.75, 3.05) is 0 Å². The first-order chi connectivity index (χ1) is 13.8. The van der Waals surface area contributed by atoms with E-state index in [4.69, 9.17) is 9.47 Å². The highest BCUT2D eigenvalue weighted by Gasteiger charge is 2.45. The summed E-state index contributed by atoms with van der Waals surface area (Å²) in [5, 5.41) is 9.90. The predicted molar refractivity (Wildman–Crippen MR) is 111 cm³/mol. The van der Waals surface area contributed by atoms with Crippen molar-refractivity contribution in [2.45, 2.75) is 91.0 Å². The summed E-state index contributed by atoms with van der Waals surface area (Å²) in [6, 6.07) is 0. The van der Waals surface area contributed by atoms with E-state index < -0.39 is 6.10 Å². The van der Waals surface area contributed by atoms with Crippen LogP contribution in [0.3, 0.4) is 0 Å². The molecular formula is C24H38O5. The fourth-order valence-corrected chi connectivity index (χ4v) is 5.59. The highest BCUT2D eigenvalue weighted by atomic mass is 16.5. The molecule has 0 aromatic carbocycles. The van der Waals surface area contributed by atoms with Gasteiger partial charge in [0.2, 0.25) is 0 Å². The Morgan fingerprint density at radius 3 is 2.69 bits per heavy atom. The van der Waals surface area contributed by atoms with Crippen LogP contribution in [-0.4, -0.2) is 35.4 Å². The van der Waals surface area contributed by atoms with Crippen LogP contribution in [0.4, 0.5) is 0 Å². The molecule has 2 aliphatic carbocycles. The molecule has 164 valence electrons. The maximum absolute atomic E-state index is 12.6.